The topological polar surface area (TPSA) is 72.5 Å². The van der Waals surface area contributed by atoms with Crippen LogP contribution in [-0.2, 0) is 6.18 Å². The molecule has 10 heteroatoms. The number of nitrogens with zero attached hydrogens (tertiary/aromatic N) is 2. The van der Waals surface area contributed by atoms with Gasteiger partial charge in [-0.3, -0.25) is 4.99 Å². The summed E-state index contributed by atoms with van der Waals surface area (Å²) in [7, 11) is 0. The number of guanidine groups is 1. The Morgan fingerprint density at radius 2 is 2.07 bits per heavy atom. The van der Waals surface area contributed by atoms with E-state index in [2.05, 4.69) is 15.3 Å². The summed E-state index contributed by atoms with van der Waals surface area (Å²) in [5.74, 6) is 0.218. The minimum absolute atomic E-state index is 0. The molecule has 0 saturated carbocycles. The third kappa shape index (κ3) is 7.79. The second kappa shape index (κ2) is 10.5. The number of nitrogens with two attached hydrogens (primary N) is 1. The van der Waals surface area contributed by atoms with Gasteiger partial charge in [-0.15, -0.1) is 24.0 Å². The van der Waals surface area contributed by atoms with Crippen molar-refractivity contribution in [2.75, 3.05) is 18.5 Å². The normalized spacial score (nSPS) is 11.7. The van der Waals surface area contributed by atoms with Crippen LogP contribution < -0.4 is 15.8 Å². The van der Waals surface area contributed by atoms with Crippen LogP contribution in [0.4, 0.5) is 18.9 Å². The van der Waals surface area contributed by atoms with Crippen molar-refractivity contribution in [3.63, 3.8) is 0 Å². The lowest BCUT2D eigenvalue weighted by molar-refractivity contribution is -0.137. The molecule has 0 amide bonds. The summed E-state index contributed by atoms with van der Waals surface area (Å²) in [6.07, 6.45) is -3.32. The number of rotatable bonds is 6. The molecule has 2 rings (SSSR count). The molecule has 0 aliphatic carbocycles. The van der Waals surface area contributed by atoms with E-state index in [4.69, 9.17) is 22.1 Å². The summed E-state index contributed by atoms with van der Waals surface area (Å²) in [6.45, 7) is 2.54. The van der Waals surface area contributed by atoms with Crippen molar-refractivity contribution in [3.8, 4) is 5.88 Å². The predicted octanol–water partition coefficient (Wildman–Crippen LogP) is 4.88. The molecule has 0 aliphatic rings. The minimum atomic E-state index is -4.49. The van der Waals surface area contributed by atoms with Crippen LogP contribution in [0.25, 0.3) is 0 Å². The van der Waals surface area contributed by atoms with E-state index >= 15 is 0 Å². The third-order valence-corrected chi connectivity index (χ3v) is 3.52. The Balaban J connectivity index is 0.00000364. The highest BCUT2D eigenvalue weighted by molar-refractivity contribution is 14.0. The number of aliphatic imine (C=N–C) groups is 1. The van der Waals surface area contributed by atoms with E-state index in [0.29, 0.717) is 19.2 Å². The molecule has 0 bridgehead atoms. The first kappa shape index (κ1) is 23.3. The largest absolute Gasteiger partial charge is 0.477 e. The van der Waals surface area contributed by atoms with Crippen LogP contribution in [0.1, 0.15) is 17.5 Å². The lowest BCUT2D eigenvalue weighted by Crippen LogP contribution is -2.23. The fourth-order valence-electron chi connectivity index (χ4n) is 2.03. The second-order valence-electron chi connectivity index (χ2n) is 5.47. The maximum atomic E-state index is 12.5. The van der Waals surface area contributed by atoms with Gasteiger partial charge in [0.25, 0.3) is 0 Å². The summed E-state index contributed by atoms with van der Waals surface area (Å²) in [6, 6.07) is 8.46. The lowest BCUT2D eigenvalue weighted by atomic mass is 10.2. The van der Waals surface area contributed by atoms with Gasteiger partial charge in [0, 0.05) is 24.8 Å². The van der Waals surface area contributed by atoms with Gasteiger partial charge in [0.2, 0.25) is 5.88 Å². The van der Waals surface area contributed by atoms with Gasteiger partial charge in [-0.2, -0.15) is 13.2 Å². The standard InChI is InChI=1S/C17H18ClF3N4O.HI/c1-11-4-2-5-13(8-11)25-16(22)23-6-3-7-26-15-14(18)9-12(10-24-15)17(19,20)21;/h2,4-5,8-10H,3,6-7H2,1H3,(H3,22,23,25);1H. The Labute approximate surface area is 177 Å². The maximum Gasteiger partial charge on any atom is 0.417 e. The molecule has 0 saturated heterocycles. The van der Waals surface area contributed by atoms with Crippen LogP contribution in [-0.4, -0.2) is 24.1 Å². The first-order valence-corrected chi connectivity index (χ1v) is 8.12. The fraction of sp³-hybridized carbons (Fsp3) is 0.294. The zero-order valence-corrected chi connectivity index (χ0v) is 17.5. The van der Waals surface area contributed by atoms with Crippen LogP contribution in [0.5, 0.6) is 5.88 Å². The number of aryl methyl sites for hydroxylation is 1. The van der Waals surface area contributed by atoms with Gasteiger partial charge in [-0.1, -0.05) is 23.7 Å². The zero-order valence-electron chi connectivity index (χ0n) is 14.4. The number of pyridine rings is 1. The number of nitrogens with one attached hydrogen (secondary N) is 1. The Hall–Kier alpha value is -1.75. The fourth-order valence-corrected chi connectivity index (χ4v) is 2.25. The molecule has 0 radical (unpaired) electrons. The summed E-state index contributed by atoms with van der Waals surface area (Å²) < 4.78 is 42.9. The highest BCUT2D eigenvalue weighted by atomic mass is 127. The van der Waals surface area contributed by atoms with Crippen LogP contribution in [0.15, 0.2) is 41.5 Å². The molecular weight excluding hydrogens is 496 g/mol. The molecule has 0 aliphatic heterocycles. The van der Waals surface area contributed by atoms with E-state index in [9.17, 15) is 13.2 Å². The maximum absolute atomic E-state index is 12.5. The van der Waals surface area contributed by atoms with Gasteiger partial charge >= 0.3 is 6.18 Å². The number of anilines is 1. The van der Waals surface area contributed by atoms with E-state index in [1.54, 1.807) is 0 Å². The molecule has 1 aromatic heterocycles. The molecule has 5 nitrogen and oxygen atoms in total. The smallest absolute Gasteiger partial charge is 0.417 e. The van der Waals surface area contributed by atoms with E-state index in [0.717, 1.165) is 17.3 Å². The van der Waals surface area contributed by atoms with Gasteiger partial charge in [0.15, 0.2) is 5.96 Å². The van der Waals surface area contributed by atoms with Crippen molar-refractivity contribution in [3.05, 3.63) is 52.7 Å². The number of hydrogen-bond acceptors (Lipinski definition) is 3. The van der Waals surface area contributed by atoms with Crippen molar-refractivity contribution in [2.45, 2.75) is 19.5 Å². The number of hydrogen-bond donors (Lipinski definition) is 2. The van der Waals surface area contributed by atoms with E-state index < -0.39 is 11.7 Å². The Morgan fingerprint density at radius 1 is 1.33 bits per heavy atom. The van der Waals surface area contributed by atoms with Crippen LogP contribution in [0.2, 0.25) is 5.02 Å². The zero-order chi connectivity index (χ0) is 19.2. The first-order chi connectivity index (χ1) is 12.3. The average Bonchev–Trinajstić information content (AvgIpc) is 2.55. The number of benzene rings is 1. The van der Waals surface area contributed by atoms with Gasteiger partial charge in [-0.05, 0) is 30.7 Å². The highest BCUT2D eigenvalue weighted by Crippen LogP contribution is 2.33. The van der Waals surface area contributed by atoms with Crippen molar-refractivity contribution in [2.24, 2.45) is 10.7 Å². The predicted molar refractivity (Wildman–Crippen MR) is 111 cm³/mol. The monoisotopic (exact) mass is 514 g/mol. The number of aromatic nitrogens is 1. The van der Waals surface area contributed by atoms with E-state index in [1.807, 2.05) is 31.2 Å². The Morgan fingerprint density at radius 3 is 2.70 bits per heavy atom. The van der Waals surface area contributed by atoms with E-state index in [1.165, 1.54) is 0 Å². The van der Waals surface area contributed by atoms with Crippen LogP contribution in [0.3, 0.4) is 0 Å². The molecule has 0 unspecified atom stereocenters. The number of ether oxygens (including phenoxy) is 1. The van der Waals surface area contributed by atoms with Crippen molar-refractivity contribution < 1.29 is 17.9 Å². The molecule has 1 heterocycles. The third-order valence-electron chi connectivity index (χ3n) is 3.25. The molecule has 0 spiro atoms. The molecule has 0 atom stereocenters. The van der Waals surface area contributed by atoms with Gasteiger partial charge < -0.3 is 15.8 Å². The van der Waals surface area contributed by atoms with Gasteiger partial charge in [0.1, 0.15) is 5.02 Å². The molecule has 1 aromatic carbocycles. The molecule has 27 heavy (non-hydrogen) atoms. The van der Waals surface area contributed by atoms with Gasteiger partial charge in [-0.25, -0.2) is 4.98 Å². The Kier molecular flexibility index (Phi) is 9.10. The van der Waals surface area contributed by atoms with Crippen LogP contribution in [0, 0.1) is 6.92 Å². The number of alkyl halides is 3. The summed E-state index contributed by atoms with van der Waals surface area (Å²) in [5, 5.41) is 2.78. The van der Waals surface area contributed by atoms with E-state index in [-0.39, 0.29) is 47.4 Å². The quantitative estimate of drug-likeness (QED) is 0.250. The summed E-state index contributed by atoms with van der Waals surface area (Å²) in [5.41, 5.74) is 6.80. The van der Waals surface area contributed by atoms with Crippen LogP contribution >= 0.6 is 35.6 Å². The molecular formula is C17H19ClF3IN4O. The second-order valence-corrected chi connectivity index (χ2v) is 5.88. The minimum Gasteiger partial charge on any atom is -0.477 e. The number of halogens is 5. The summed E-state index contributed by atoms with van der Waals surface area (Å²) in [4.78, 5) is 7.74. The van der Waals surface area contributed by atoms with Crippen molar-refractivity contribution in [1.82, 2.24) is 4.98 Å². The summed E-state index contributed by atoms with van der Waals surface area (Å²) >= 11 is 5.76. The Bertz CT molecular complexity index is 787. The molecule has 3 N–H and O–H groups in total. The molecule has 0 fully saturated rings. The SMILES string of the molecule is Cc1cccc(NC(N)=NCCCOc2ncc(C(F)(F)F)cc2Cl)c1.I. The van der Waals surface area contributed by atoms with Crippen molar-refractivity contribution >= 4 is 47.2 Å². The van der Waals surface area contributed by atoms with Crippen molar-refractivity contribution in [1.29, 1.82) is 0 Å². The first-order valence-electron chi connectivity index (χ1n) is 7.75. The lowest BCUT2D eigenvalue weighted by Gasteiger charge is -2.10. The molecule has 2 aromatic rings. The average molecular weight is 515 g/mol. The van der Waals surface area contributed by atoms with Gasteiger partial charge in [0.05, 0.1) is 12.2 Å². The molecule has 148 valence electrons. The highest BCUT2D eigenvalue weighted by Gasteiger charge is 2.31.